The van der Waals surface area contributed by atoms with Gasteiger partial charge in [-0.25, -0.2) is 0 Å². The van der Waals surface area contributed by atoms with Gasteiger partial charge in [0.05, 0.1) is 0 Å². The molecule has 0 fully saturated rings. The first-order valence-corrected chi connectivity index (χ1v) is 5.19. The van der Waals surface area contributed by atoms with Crippen molar-refractivity contribution < 1.29 is 20.3 Å². The molecule has 0 aliphatic heterocycles. The molecule has 0 saturated heterocycles. The van der Waals surface area contributed by atoms with Crippen LogP contribution < -0.4 is 18.9 Å². The Bertz CT molecular complexity index is 359. The van der Waals surface area contributed by atoms with Crippen LogP contribution in [0.1, 0.15) is 31.3 Å². The third kappa shape index (κ3) is 1.47. The van der Waals surface area contributed by atoms with Gasteiger partial charge in [0.15, 0.2) is 0 Å². The quantitative estimate of drug-likeness (QED) is 0.399. The van der Waals surface area contributed by atoms with Crippen LogP contribution in [0.5, 0.6) is 0 Å². The fraction of sp³-hybridized carbons (Fsp3) is 0.385. The predicted octanol–water partition coefficient (Wildman–Crippen LogP) is 0.409. The summed E-state index contributed by atoms with van der Waals surface area (Å²) in [4.78, 5) is 0. The molecular formula is C13H15Li. The van der Waals surface area contributed by atoms with Crippen LogP contribution >= 0.6 is 0 Å². The first-order valence-electron chi connectivity index (χ1n) is 5.19. The maximum absolute atomic E-state index is 2.42. The number of benzene rings is 1. The Balaban J connectivity index is 0.000000562. The molecule has 0 nitrogen and oxygen atoms in total. The van der Waals surface area contributed by atoms with Gasteiger partial charge in [-0.3, -0.25) is 0 Å². The number of fused-ring (bicyclic) bond motifs is 3. The summed E-state index contributed by atoms with van der Waals surface area (Å²) in [5.41, 5.74) is 3.17. The van der Waals surface area contributed by atoms with E-state index >= 15 is 0 Å². The summed E-state index contributed by atoms with van der Waals surface area (Å²) in [6.45, 7) is 0. The van der Waals surface area contributed by atoms with Gasteiger partial charge < -0.3 is 1.43 Å². The van der Waals surface area contributed by atoms with Gasteiger partial charge in [0.25, 0.3) is 0 Å². The molecule has 0 amide bonds. The van der Waals surface area contributed by atoms with Crippen LogP contribution in [-0.2, 0) is 6.42 Å². The van der Waals surface area contributed by atoms with Crippen LogP contribution in [0.4, 0.5) is 0 Å². The third-order valence-corrected chi connectivity index (χ3v) is 3.45. The van der Waals surface area contributed by atoms with E-state index in [4.69, 9.17) is 0 Å². The van der Waals surface area contributed by atoms with Gasteiger partial charge in [-0.05, 0) is 36.3 Å². The number of rotatable bonds is 0. The fourth-order valence-corrected chi connectivity index (χ4v) is 2.80. The maximum atomic E-state index is 2.42. The molecule has 2 unspecified atom stereocenters. The van der Waals surface area contributed by atoms with Gasteiger partial charge in [-0.15, -0.1) is 0 Å². The molecule has 2 atom stereocenters. The molecule has 0 spiro atoms. The summed E-state index contributed by atoms with van der Waals surface area (Å²) in [5, 5.41) is 0. The standard InChI is InChI=1S/C13H14.Li.H/c1-3-7-12-10(5-1)9-11-6-2-4-8-13(11)12;;/h1,3-5,7-8,11,13H,2,6,9H2;;/q;+1;-1. The number of allylic oxidation sites excluding steroid dienone is 2. The first kappa shape index (κ1) is 10.1. The zero-order chi connectivity index (χ0) is 8.67. The zero-order valence-corrected chi connectivity index (χ0v) is 8.74. The van der Waals surface area contributed by atoms with E-state index in [-0.39, 0.29) is 20.3 Å². The van der Waals surface area contributed by atoms with Gasteiger partial charge in [0, 0.05) is 5.92 Å². The van der Waals surface area contributed by atoms with E-state index < -0.39 is 0 Å². The predicted molar refractivity (Wildman–Crippen MR) is 55.9 cm³/mol. The first-order chi connectivity index (χ1) is 6.45. The molecule has 0 heterocycles. The van der Waals surface area contributed by atoms with Crippen LogP contribution in [0.2, 0.25) is 0 Å². The van der Waals surface area contributed by atoms with E-state index in [1.54, 1.807) is 11.1 Å². The van der Waals surface area contributed by atoms with E-state index in [2.05, 4.69) is 36.4 Å². The summed E-state index contributed by atoms with van der Waals surface area (Å²) in [7, 11) is 0. The number of hydrogen-bond donors (Lipinski definition) is 0. The average Bonchev–Trinajstić information content (AvgIpc) is 2.56. The second kappa shape index (κ2) is 3.97. The monoisotopic (exact) mass is 178 g/mol. The zero-order valence-electron chi connectivity index (χ0n) is 9.74. The molecule has 0 radical (unpaired) electrons. The van der Waals surface area contributed by atoms with E-state index in [0.29, 0.717) is 0 Å². The summed E-state index contributed by atoms with van der Waals surface area (Å²) in [6.07, 6.45) is 8.75. The average molecular weight is 178 g/mol. The molecule has 3 rings (SSSR count). The minimum atomic E-state index is 0. The van der Waals surface area contributed by atoms with E-state index in [9.17, 15) is 0 Å². The molecule has 0 N–H and O–H groups in total. The summed E-state index contributed by atoms with van der Waals surface area (Å²) >= 11 is 0. The van der Waals surface area contributed by atoms with E-state index in [1.807, 2.05) is 0 Å². The number of hydrogen-bond acceptors (Lipinski definition) is 0. The SMILES string of the molecule is C1=CC2c3ccccc3CC2CC1.[H-].[Li+]. The van der Waals surface area contributed by atoms with Gasteiger partial charge in [0.2, 0.25) is 0 Å². The molecule has 2 aliphatic carbocycles. The van der Waals surface area contributed by atoms with E-state index in [1.165, 1.54) is 19.3 Å². The smallest absolute Gasteiger partial charge is 1.00 e. The Kier molecular flexibility index (Phi) is 2.86. The Hall–Kier alpha value is -0.443. The van der Waals surface area contributed by atoms with Gasteiger partial charge in [-0.1, -0.05) is 36.4 Å². The van der Waals surface area contributed by atoms with Crippen molar-refractivity contribution in [3.8, 4) is 0 Å². The Labute approximate surface area is 99.1 Å². The van der Waals surface area contributed by atoms with Crippen LogP contribution in [-0.4, -0.2) is 0 Å². The molecular weight excluding hydrogens is 163 g/mol. The molecule has 0 bridgehead atoms. The van der Waals surface area contributed by atoms with Crippen molar-refractivity contribution in [3.63, 3.8) is 0 Å². The van der Waals surface area contributed by atoms with Crippen LogP contribution in [0.15, 0.2) is 36.4 Å². The molecule has 68 valence electrons. The third-order valence-electron chi connectivity index (χ3n) is 3.45. The topological polar surface area (TPSA) is 0 Å². The second-order valence-electron chi connectivity index (χ2n) is 4.19. The molecule has 0 aromatic heterocycles. The van der Waals surface area contributed by atoms with Crippen molar-refractivity contribution in [2.45, 2.75) is 25.2 Å². The van der Waals surface area contributed by atoms with E-state index in [0.717, 1.165) is 11.8 Å². The maximum Gasteiger partial charge on any atom is 1.00 e. The van der Waals surface area contributed by atoms with Crippen molar-refractivity contribution in [1.29, 1.82) is 0 Å². The normalized spacial score (nSPS) is 27.7. The second-order valence-corrected chi connectivity index (χ2v) is 4.19. The van der Waals surface area contributed by atoms with Gasteiger partial charge >= 0.3 is 18.9 Å². The Morgan fingerprint density at radius 2 is 2.07 bits per heavy atom. The Morgan fingerprint density at radius 1 is 1.21 bits per heavy atom. The van der Waals surface area contributed by atoms with Gasteiger partial charge in [-0.2, -0.15) is 0 Å². The molecule has 2 aliphatic rings. The molecule has 14 heavy (non-hydrogen) atoms. The van der Waals surface area contributed by atoms with Crippen molar-refractivity contribution >= 4 is 0 Å². The fourth-order valence-electron chi connectivity index (χ4n) is 2.80. The minimum absolute atomic E-state index is 0. The van der Waals surface area contributed by atoms with Crippen LogP contribution in [0.25, 0.3) is 0 Å². The van der Waals surface area contributed by atoms with Crippen LogP contribution in [0.3, 0.4) is 0 Å². The largest absolute Gasteiger partial charge is 1.00 e. The molecule has 1 aromatic carbocycles. The van der Waals surface area contributed by atoms with Crippen molar-refractivity contribution in [2.24, 2.45) is 5.92 Å². The molecule has 0 saturated carbocycles. The summed E-state index contributed by atoms with van der Waals surface area (Å²) < 4.78 is 0. The minimum Gasteiger partial charge on any atom is -1.00 e. The molecule has 1 heteroatoms. The summed E-state index contributed by atoms with van der Waals surface area (Å²) in [6, 6.07) is 8.93. The Morgan fingerprint density at radius 3 is 3.00 bits per heavy atom. The van der Waals surface area contributed by atoms with Crippen molar-refractivity contribution in [1.82, 2.24) is 0 Å². The van der Waals surface area contributed by atoms with Gasteiger partial charge in [0.1, 0.15) is 0 Å². The molecule has 1 aromatic rings. The summed E-state index contributed by atoms with van der Waals surface area (Å²) in [5.74, 6) is 1.65. The van der Waals surface area contributed by atoms with Crippen molar-refractivity contribution in [2.75, 3.05) is 0 Å². The van der Waals surface area contributed by atoms with Crippen LogP contribution in [0, 0.1) is 5.92 Å². The van der Waals surface area contributed by atoms with Crippen molar-refractivity contribution in [3.05, 3.63) is 47.5 Å².